The van der Waals surface area contributed by atoms with Gasteiger partial charge in [-0.3, -0.25) is 4.79 Å². The van der Waals surface area contributed by atoms with E-state index in [1.54, 1.807) is 24.3 Å². The van der Waals surface area contributed by atoms with Crippen molar-refractivity contribution in [1.29, 1.82) is 0 Å². The number of anilines is 1. The first kappa shape index (κ1) is 18.6. The van der Waals surface area contributed by atoms with Crippen molar-refractivity contribution < 1.29 is 13.2 Å². The van der Waals surface area contributed by atoms with Crippen LogP contribution in [-0.2, 0) is 14.8 Å². The number of carbonyl (C=O) groups excluding carboxylic acids is 1. The summed E-state index contributed by atoms with van der Waals surface area (Å²) < 4.78 is 27.1. The Morgan fingerprint density at radius 3 is 2.65 bits per heavy atom. The van der Waals surface area contributed by atoms with Crippen LogP contribution in [0.25, 0.3) is 6.08 Å². The summed E-state index contributed by atoms with van der Waals surface area (Å²) in [4.78, 5) is 12.2. The minimum Gasteiger partial charge on any atom is -0.322 e. The second kappa shape index (κ2) is 7.61. The van der Waals surface area contributed by atoms with Crippen LogP contribution in [0.1, 0.15) is 24.0 Å². The number of hydrogen-bond donors (Lipinski definition) is 2. The van der Waals surface area contributed by atoms with Crippen LogP contribution in [0.2, 0.25) is 5.02 Å². The van der Waals surface area contributed by atoms with Gasteiger partial charge >= 0.3 is 0 Å². The molecule has 0 saturated heterocycles. The Morgan fingerprint density at radius 2 is 1.96 bits per heavy atom. The maximum Gasteiger partial charge on any atom is 0.248 e. The van der Waals surface area contributed by atoms with E-state index in [-0.39, 0.29) is 16.8 Å². The lowest BCUT2D eigenvalue weighted by atomic mass is 10.1. The van der Waals surface area contributed by atoms with Gasteiger partial charge in [-0.2, -0.15) is 0 Å². The van der Waals surface area contributed by atoms with Gasteiger partial charge in [0.1, 0.15) is 0 Å². The summed E-state index contributed by atoms with van der Waals surface area (Å²) in [5.74, 6) is -0.355. The van der Waals surface area contributed by atoms with E-state index in [2.05, 4.69) is 10.0 Å². The molecule has 0 atom stereocenters. The fourth-order valence-electron chi connectivity index (χ4n) is 2.30. The molecule has 0 spiro atoms. The standard InChI is InChI=1S/C19H19ClN2O3S/c1-13-5-6-14(11-18(13)20)7-10-19(23)21-16-3-2-4-17(12-16)26(24,25)22-15-8-9-15/h2-7,10-12,15,22H,8-9H2,1H3,(H,21,23). The molecule has 0 bridgehead atoms. The normalized spacial score (nSPS) is 14.5. The first-order valence-electron chi connectivity index (χ1n) is 8.21. The van der Waals surface area contributed by atoms with E-state index >= 15 is 0 Å². The number of sulfonamides is 1. The molecule has 2 aromatic rings. The molecule has 136 valence electrons. The predicted molar refractivity (Wildman–Crippen MR) is 104 cm³/mol. The summed E-state index contributed by atoms with van der Waals surface area (Å²) in [6.07, 6.45) is 4.76. The zero-order valence-corrected chi connectivity index (χ0v) is 15.8. The highest BCUT2D eigenvalue weighted by molar-refractivity contribution is 7.89. The molecule has 5 nitrogen and oxygen atoms in total. The fraction of sp³-hybridized carbons (Fsp3) is 0.211. The Morgan fingerprint density at radius 1 is 1.19 bits per heavy atom. The third-order valence-corrected chi connectivity index (χ3v) is 5.86. The van der Waals surface area contributed by atoms with Crippen molar-refractivity contribution in [3.63, 3.8) is 0 Å². The van der Waals surface area contributed by atoms with Crippen LogP contribution in [0.5, 0.6) is 0 Å². The molecule has 1 saturated carbocycles. The molecule has 1 fully saturated rings. The zero-order chi connectivity index (χ0) is 18.7. The van der Waals surface area contributed by atoms with Crippen molar-refractivity contribution in [3.05, 3.63) is 64.7 Å². The number of rotatable bonds is 6. The minimum absolute atomic E-state index is 0.0301. The lowest BCUT2D eigenvalue weighted by Gasteiger charge is -2.08. The van der Waals surface area contributed by atoms with Crippen LogP contribution in [0, 0.1) is 6.92 Å². The highest BCUT2D eigenvalue weighted by atomic mass is 35.5. The second-order valence-electron chi connectivity index (χ2n) is 6.25. The third kappa shape index (κ3) is 4.94. The molecule has 3 rings (SSSR count). The fourth-order valence-corrected chi connectivity index (χ4v) is 3.84. The van der Waals surface area contributed by atoms with Crippen molar-refractivity contribution in [2.45, 2.75) is 30.7 Å². The van der Waals surface area contributed by atoms with Crippen molar-refractivity contribution in [2.75, 3.05) is 5.32 Å². The molecule has 2 aromatic carbocycles. The molecule has 7 heteroatoms. The Bertz CT molecular complexity index is 966. The molecule has 0 aliphatic heterocycles. The van der Waals surface area contributed by atoms with Crippen molar-refractivity contribution in [1.82, 2.24) is 4.72 Å². The van der Waals surface area contributed by atoms with E-state index in [4.69, 9.17) is 11.6 Å². The lowest BCUT2D eigenvalue weighted by Crippen LogP contribution is -2.25. The number of hydrogen-bond acceptors (Lipinski definition) is 3. The number of carbonyl (C=O) groups is 1. The summed E-state index contributed by atoms with van der Waals surface area (Å²) in [5, 5.41) is 3.30. The second-order valence-corrected chi connectivity index (χ2v) is 8.38. The first-order valence-corrected chi connectivity index (χ1v) is 10.1. The van der Waals surface area contributed by atoms with Gasteiger partial charge in [0.25, 0.3) is 0 Å². The average Bonchev–Trinajstić information content (AvgIpc) is 3.39. The Labute approximate surface area is 158 Å². The van der Waals surface area contributed by atoms with Crippen LogP contribution in [0.4, 0.5) is 5.69 Å². The maximum absolute atomic E-state index is 12.2. The highest BCUT2D eigenvalue weighted by Crippen LogP contribution is 2.23. The molecule has 0 heterocycles. The molecular formula is C19H19ClN2O3S. The summed E-state index contributed by atoms with van der Waals surface area (Å²) >= 11 is 6.06. The van der Waals surface area contributed by atoms with E-state index in [0.29, 0.717) is 10.7 Å². The minimum atomic E-state index is -3.55. The molecule has 26 heavy (non-hydrogen) atoms. The van der Waals surface area contributed by atoms with Gasteiger partial charge in [0, 0.05) is 22.8 Å². The maximum atomic E-state index is 12.2. The molecule has 1 amide bonds. The largest absolute Gasteiger partial charge is 0.322 e. The van der Waals surface area contributed by atoms with Gasteiger partial charge in [0.05, 0.1) is 4.90 Å². The first-order chi connectivity index (χ1) is 12.3. The number of aryl methyl sites for hydroxylation is 1. The van der Waals surface area contributed by atoms with E-state index in [1.165, 1.54) is 18.2 Å². The quantitative estimate of drug-likeness (QED) is 0.738. The molecule has 1 aliphatic rings. The number of benzene rings is 2. The van der Waals surface area contributed by atoms with Crippen LogP contribution in [0.15, 0.2) is 53.4 Å². The van der Waals surface area contributed by atoms with Gasteiger partial charge in [-0.05, 0) is 61.2 Å². The lowest BCUT2D eigenvalue weighted by molar-refractivity contribution is -0.111. The molecule has 1 aliphatic carbocycles. The van der Waals surface area contributed by atoms with E-state index in [9.17, 15) is 13.2 Å². The van der Waals surface area contributed by atoms with Gasteiger partial charge in [0.15, 0.2) is 0 Å². The van der Waals surface area contributed by atoms with E-state index in [0.717, 1.165) is 24.0 Å². The van der Waals surface area contributed by atoms with Crippen LogP contribution >= 0.6 is 11.6 Å². The highest BCUT2D eigenvalue weighted by Gasteiger charge is 2.28. The van der Waals surface area contributed by atoms with E-state index < -0.39 is 10.0 Å². The van der Waals surface area contributed by atoms with Crippen molar-refractivity contribution in [3.8, 4) is 0 Å². The van der Waals surface area contributed by atoms with Crippen LogP contribution in [0.3, 0.4) is 0 Å². The molecule has 2 N–H and O–H groups in total. The van der Waals surface area contributed by atoms with Gasteiger partial charge < -0.3 is 5.32 Å². The number of halogens is 1. The molecular weight excluding hydrogens is 372 g/mol. The monoisotopic (exact) mass is 390 g/mol. The Hall–Kier alpha value is -2.15. The van der Waals surface area contributed by atoms with Gasteiger partial charge in [-0.15, -0.1) is 0 Å². The van der Waals surface area contributed by atoms with E-state index in [1.807, 2.05) is 19.1 Å². The zero-order valence-electron chi connectivity index (χ0n) is 14.2. The van der Waals surface area contributed by atoms with Gasteiger partial charge in [0.2, 0.25) is 15.9 Å². The number of amides is 1. The molecule has 0 aromatic heterocycles. The van der Waals surface area contributed by atoms with Crippen molar-refractivity contribution >= 4 is 39.3 Å². The van der Waals surface area contributed by atoms with Crippen LogP contribution < -0.4 is 10.0 Å². The van der Waals surface area contributed by atoms with Crippen molar-refractivity contribution in [2.24, 2.45) is 0 Å². The topological polar surface area (TPSA) is 75.3 Å². The molecule has 0 unspecified atom stereocenters. The van der Waals surface area contributed by atoms with Gasteiger partial charge in [-0.25, -0.2) is 13.1 Å². The smallest absolute Gasteiger partial charge is 0.248 e. The average molecular weight is 391 g/mol. The molecule has 0 radical (unpaired) electrons. The summed E-state index contributed by atoms with van der Waals surface area (Å²) in [6, 6.07) is 11.7. The third-order valence-electron chi connectivity index (χ3n) is 3.93. The van der Waals surface area contributed by atoms with Gasteiger partial charge in [-0.1, -0.05) is 29.8 Å². The summed E-state index contributed by atoms with van der Waals surface area (Å²) in [6.45, 7) is 1.90. The SMILES string of the molecule is Cc1ccc(C=CC(=O)Nc2cccc(S(=O)(=O)NC3CC3)c2)cc1Cl. The predicted octanol–water partition coefficient (Wildman–Crippen LogP) is 3.74. The Balaban J connectivity index is 1.68. The summed E-state index contributed by atoms with van der Waals surface area (Å²) in [5.41, 5.74) is 2.19. The number of nitrogens with one attached hydrogen (secondary N) is 2. The Kier molecular flexibility index (Phi) is 5.46. The summed E-state index contributed by atoms with van der Waals surface area (Å²) in [7, 11) is -3.55. The van der Waals surface area contributed by atoms with Crippen LogP contribution in [-0.4, -0.2) is 20.4 Å².